The lowest BCUT2D eigenvalue weighted by molar-refractivity contribution is 0.0790. The Labute approximate surface area is 140 Å². The van der Waals surface area contributed by atoms with Crippen LogP contribution in [0.3, 0.4) is 0 Å². The fourth-order valence-electron chi connectivity index (χ4n) is 2.86. The number of thiophene rings is 1. The molecule has 1 aliphatic carbocycles. The van der Waals surface area contributed by atoms with E-state index < -0.39 is 0 Å². The van der Waals surface area contributed by atoms with Crippen LogP contribution in [0, 0.1) is 0 Å². The molecule has 2 nitrogen and oxygen atoms in total. The average Bonchev–Trinajstić information content (AvgIpc) is 2.98. The summed E-state index contributed by atoms with van der Waals surface area (Å²) in [7, 11) is 1.89. The van der Waals surface area contributed by atoms with E-state index in [1.807, 2.05) is 11.9 Å². The zero-order chi connectivity index (χ0) is 15.5. The molecule has 0 fully saturated rings. The number of aryl methyl sites for hydroxylation is 2. The SMILES string of the molecule is CSc1ccc(CN(C)C(=O)c2cc3c(s2)CCCC3)cc1. The maximum atomic E-state index is 12.6. The number of fused-ring (bicyclic) bond motifs is 1. The van der Waals surface area contributed by atoms with Gasteiger partial charge in [0.15, 0.2) is 0 Å². The number of nitrogens with zero attached hydrogens (tertiary/aromatic N) is 1. The Bertz CT molecular complexity index is 637. The summed E-state index contributed by atoms with van der Waals surface area (Å²) in [5, 5.41) is 0. The van der Waals surface area contributed by atoms with Gasteiger partial charge < -0.3 is 4.90 Å². The first-order valence-corrected chi connectivity index (χ1v) is 9.71. The van der Waals surface area contributed by atoms with Crippen molar-refractivity contribution in [3.8, 4) is 0 Å². The second kappa shape index (κ2) is 6.88. The van der Waals surface area contributed by atoms with Crippen LogP contribution >= 0.6 is 23.1 Å². The van der Waals surface area contributed by atoms with Crippen LogP contribution in [0.1, 0.15) is 38.5 Å². The van der Waals surface area contributed by atoms with Gasteiger partial charge in [0.2, 0.25) is 0 Å². The summed E-state index contributed by atoms with van der Waals surface area (Å²) in [5.41, 5.74) is 2.58. The number of carbonyl (C=O) groups is 1. The first-order valence-electron chi connectivity index (χ1n) is 7.67. The van der Waals surface area contributed by atoms with Gasteiger partial charge in [-0.15, -0.1) is 23.1 Å². The molecule has 1 aromatic carbocycles. The average molecular weight is 332 g/mol. The largest absolute Gasteiger partial charge is 0.337 e. The van der Waals surface area contributed by atoms with Crippen molar-refractivity contribution in [1.82, 2.24) is 4.90 Å². The third-order valence-electron chi connectivity index (χ3n) is 4.13. The summed E-state index contributed by atoms with van der Waals surface area (Å²) in [5.74, 6) is 0.147. The molecule has 2 aromatic rings. The zero-order valence-electron chi connectivity index (χ0n) is 13.1. The maximum Gasteiger partial charge on any atom is 0.263 e. The van der Waals surface area contributed by atoms with E-state index in [1.165, 1.54) is 33.7 Å². The first kappa shape index (κ1) is 15.6. The van der Waals surface area contributed by atoms with Crippen molar-refractivity contribution in [2.24, 2.45) is 0 Å². The van der Waals surface area contributed by atoms with E-state index in [4.69, 9.17) is 0 Å². The van der Waals surface area contributed by atoms with Crippen LogP contribution in [-0.4, -0.2) is 24.1 Å². The first-order chi connectivity index (χ1) is 10.7. The highest BCUT2D eigenvalue weighted by Crippen LogP contribution is 2.30. The van der Waals surface area contributed by atoms with Gasteiger partial charge in [-0.2, -0.15) is 0 Å². The molecule has 0 spiro atoms. The number of amides is 1. The summed E-state index contributed by atoms with van der Waals surface area (Å²) in [6.07, 6.45) is 6.88. The van der Waals surface area contributed by atoms with E-state index in [2.05, 4.69) is 36.6 Å². The summed E-state index contributed by atoms with van der Waals surface area (Å²) in [6.45, 7) is 0.663. The van der Waals surface area contributed by atoms with Crippen molar-refractivity contribution in [2.75, 3.05) is 13.3 Å². The number of benzene rings is 1. The van der Waals surface area contributed by atoms with Crippen molar-refractivity contribution in [1.29, 1.82) is 0 Å². The van der Waals surface area contributed by atoms with E-state index in [0.717, 1.165) is 17.7 Å². The molecule has 116 valence electrons. The van der Waals surface area contributed by atoms with Crippen LogP contribution < -0.4 is 0 Å². The Morgan fingerprint density at radius 3 is 2.64 bits per heavy atom. The third kappa shape index (κ3) is 3.39. The lowest BCUT2D eigenvalue weighted by Gasteiger charge is -2.16. The number of carbonyl (C=O) groups excluding carboxylic acids is 1. The van der Waals surface area contributed by atoms with Crippen molar-refractivity contribution < 1.29 is 4.79 Å². The molecule has 0 saturated carbocycles. The molecule has 0 radical (unpaired) electrons. The minimum Gasteiger partial charge on any atom is -0.337 e. The Balaban J connectivity index is 1.69. The predicted molar refractivity (Wildman–Crippen MR) is 95.0 cm³/mol. The van der Waals surface area contributed by atoms with Crippen molar-refractivity contribution >= 4 is 29.0 Å². The number of thioether (sulfide) groups is 1. The number of hydrogen-bond acceptors (Lipinski definition) is 3. The van der Waals surface area contributed by atoms with Crippen LogP contribution in [0.15, 0.2) is 35.2 Å². The standard InChI is InChI=1S/C18H21NOS2/c1-19(12-13-7-9-15(21-2)10-8-13)18(20)17-11-14-5-3-4-6-16(14)22-17/h7-11H,3-6,12H2,1-2H3. The van der Waals surface area contributed by atoms with Gasteiger partial charge in [-0.25, -0.2) is 0 Å². The Hall–Kier alpha value is -1.26. The summed E-state index contributed by atoms with van der Waals surface area (Å²) >= 11 is 3.43. The second-order valence-corrected chi connectivity index (χ2v) is 7.79. The highest BCUT2D eigenvalue weighted by atomic mass is 32.2. The zero-order valence-corrected chi connectivity index (χ0v) is 14.7. The monoisotopic (exact) mass is 331 g/mol. The van der Waals surface area contributed by atoms with Crippen LogP contribution in [0.2, 0.25) is 0 Å². The minimum atomic E-state index is 0.147. The summed E-state index contributed by atoms with van der Waals surface area (Å²) in [6, 6.07) is 10.6. The van der Waals surface area contributed by atoms with Crippen LogP contribution in [0.5, 0.6) is 0 Å². The van der Waals surface area contributed by atoms with Gasteiger partial charge >= 0.3 is 0 Å². The lowest BCUT2D eigenvalue weighted by Crippen LogP contribution is -2.25. The lowest BCUT2D eigenvalue weighted by atomic mass is 9.99. The van der Waals surface area contributed by atoms with E-state index in [1.54, 1.807) is 23.1 Å². The molecule has 0 saturated heterocycles. The molecule has 1 amide bonds. The molecule has 0 atom stereocenters. The maximum absolute atomic E-state index is 12.6. The van der Waals surface area contributed by atoms with E-state index in [9.17, 15) is 4.79 Å². The van der Waals surface area contributed by atoms with Gasteiger partial charge in [0, 0.05) is 23.4 Å². The Kier molecular flexibility index (Phi) is 4.89. The Morgan fingerprint density at radius 2 is 1.95 bits per heavy atom. The number of rotatable bonds is 4. The van der Waals surface area contributed by atoms with Crippen molar-refractivity contribution in [3.63, 3.8) is 0 Å². The summed E-state index contributed by atoms with van der Waals surface area (Å²) in [4.78, 5) is 18.0. The van der Waals surface area contributed by atoms with Crippen molar-refractivity contribution in [2.45, 2.75) is 37.1 Å². The second-order valence-electron chi connectivity index (χ2n) is 5.78. The molecule has 0 N–H and O–H groups in total. The van der Waals surface area contributed by atoms with E-state index in [-0.39, 0.29) is 5.91 Å². The molecule has 0 bridgehead atoms. The van der Waals surface area contributed by atoms with Gasteiger partial charge in [-0.1, -0.05) is 12.1 Å². The van der Waals surface area contributed by atoms with Gasteiger partial charge in [-0.05, 0) is 61.3 Å². The van der Waals surface area contributed by atoms with Crippen LogP contribution in [-0.2, 0) is 19.4 Å². The topological polar surface area (TPSA) is 20.3 Å². The molecule has 1 aliphatic rings. The minimum absolute atomic E-state index is 0.147. The van der Waals surface area contributed by atoms with Gasteiger partial charge in [0.05, 0.1) is 4.88 Å². The van der Waals surface area contributed by atoms with Gasteiger partial charge in [0.1, 0.15) is 0 Å². The molecule has 4 heteroatoms. The van der Waals surface area contributed by atoms with Gasteiger partial charge in [-0.3, -0.25) is 4.79 Å². The fourth-order valence-corrected chi connectivity index (χ4v) is 4.52. The van der Waals surface area contributed by atoms with Crippen LogP contribution in [0.4, 0.5) is 0 Å². The Morgan fingerprint density at radius 1 is 1.23 bits per heavy atom. The van der Waals surface area contributed by atoms with E-state index >= 15 is 0 Å². The molecule has 0 aliphatic heterocycles. The molecule has 1 aromatic heterocycles. The normalized spacial score (nSPS) is 13.7. The number of hydrogen-bond donors (Lipinski definition) is 0. The smallest absolute Gasteiger partial charge is 0.263 e. The van der Waals surface area contributed by atoms with Gasteiger partial charge in [0.25, 0.3) is 5.91 Å². The fraction of sp³-hybridized carbons (Fsp3) is 0.389. The quantitative estimate of drug-likeness (QED) is 0.762. The van der Waals surface area contributed by atoms with Crippen LogP contribution in [0.25, 0.3) is 0 Å². The predicted octanol–water partition coefficient (Wildman–Crippen LogP) is 4.62. The molecule has 22 heavy (non-hydrogen) atoms. The highest BCUT2D eigenvalue weighted by molar-refractivity contribution is 7.98. The molecule has 0 unspecified atom stereocenters. The molecular formula is C18H21NOS2. The molecule has 3 rings (SSSR count). The molecule has 1 heterocycles. The molecular weight excluding hydrogens is 310 g/mol. The highest BCUT2D eigenvalue weighted by Gasteiger charge is 2.19. The summed E-state index contributed by atoms with van der Waals surface area (Å²) < 4.78 is 0. The van der Waals surface area contributed by atoms with Crippen molar-refractivity contribution in [3.05, 3.63) is 51.2 Å². The van der Waals surface area contributed by atoms with E-state index in [0.29, 0.717) is 6.54 Å². The third-order valence-corrected chi connectivity index (χ3v) is 6.10.